The monoisotopic (exact) mass is 433 g/mol. The Labute approximate surface area is 179 Å². The fourth-order valence-corrected chi connectivity index (χ4v) is 3.82. The molecule has 2 aromatic carbocycles. The van der Waals surface area contributed by atoms with E-state index in [4.69, 9.17) is 21.6 Å². The Kier molecular flexibility index (Phi) is 7.68. The molecule has 3 rings (SSSR count). The van der Waals surface area contributed by atoms with Gasteiger partial charge in [0.25, 0.3) is 0 Å². The van der Waals surface area contributed by atoms with E-state index in [-0.39, 0.29) is 0 Å². The SMILES string of the molecule is O=C(O)CC(=O)OOc1ccc(C2CCC(NCC(O)c3cccc(Cl)c3)C2)cc1. The minimum Gasteiger partial charge on any atom is -0.481 e. The molecule has 3 atom stereocenters. The van der Waals surface area contributed by atoms with Crippen LogP contribution in [0, 0.1) is 0 Å². The zero-order valence-electron chi connectivity index (χ0n) is 16.3. The van der Waals surface area contributed by atoms with Gasteiger partial charge in [-0.3, -0.25) is 9.68 Å². The maximum absolute atomic E-state index is 11.2. The molecule has 0 bridgehead atoms. The zero-order valence-corrected chi connectivity index (χ0v) is 17.0. The van der Waals surface area contributed by atoms with Gasteiger partial charge in [-0.2, -0.15) is 0 Å². The average Bonchev–Trinajstić information content (AvgIpc) is 3.19. The van der Waals surface area contributed by atoms with Crippen molar-refractivity contribution in [2.24, 2.45) is 0 Å². The van der Waals surface area contributed by atoms with Crippen LogP contribution in [-0.2, 0) is 14.5 Å². The van der Waals surface area contributed by atoms with Crippen molar-refractivity contribution in [1.29, 1.82) is 0 Å². The van der Waals surface area contributed by atoms with E-state index in [1.165, 1.54) is 0 Å². The van der Waals surface area contributed by atoms with Gasteiger partial charge >= 0.3 is 11.9 Å². The molecule has 1 fully saturated rings. The van der Waals surface area contributed by atoms with Crippen LogP contribution >= 0.6 is 11.6 Å². The standard InChI is InChI=1S/C22H24ClNO6/c23-17-3-1-2-16(10-17)20(25)13-24-18-7-4-15(11-18)14-5-8-19(9-6-14)29-30-22(28)12-21(26)27/h1-3,5-6,8-10,15,18,20,24-25H,4,7,11-13H2,(H,26,27). The summed E-state index contributed by atoms with van der Waals surface area (Å²) in [7, 11) is 0. The van der Waals surface area contributed by atoms with Gasteiger partial charge in [-0.15, -0.1) is 0 Å². The predicted molar refractivity (Wildman–Crippen MR) is 110 cm³/mol. The lowest BCUT2D eigenvalue weighted by atomic mass is 9.97. The van der Waals surface area contributed by atoms with Crippen LogP contribution in [0.25, 0.3) is 0 Å². The summed E-state index contributed by atoms with van der Waals surface area (Å²) in [6.45, 7) is 0.465. The number of carboxylic acids is 1. The first kappa shape index (κ1) is 22.1. The number of rotatable bonds is 9. The van der Waals surface area contributed by atoms with Gasteiger partial charge in [0.1, 0.15) is 6.42 Å². The predicted octanol–water partition coefficient (Wildman–Crippen LogP) is 3.61. The average molecular weight is 434 g/mol. The molecule has 0 saturated heterocycles. The van der Waals surface area contributed by atoms with E-state index < -0.39 is 24.5 Å². The van der Waals surface area contributed by atoms with E-state index in [0.717, 1.165) is 30.4 Å². The molecule has 8 heteroatoms. The quantitative estimate of drug-likeness (QED) is 0.315. The lowest BCUT2D eigenvalue weighted by Gasteiger charge is -2.17. The summed E-state index contributed by atoms with van der Waals surface area (Å²) in [5.74, 6) is -1.52. The minimum atomic E-state index is -1.27. The first-order valence-corrected chi connectivity index (χ1v) is 10.1. The highest BCUT2D eigenvalue weighted by Crippen LogP contribution is 2.35. The molecule has 0 aromatic heterocycles. The zero-order chi connectivity index (χ0) is 21.5. The largest absolute Gasteiger partial charge is 0.481 e. The van der Waals surface area contributed by atoms with Crippen LogP contribution in [0.5, 0.6) is 5.75 Å². The van der Waals surface area contributed by atoms with Crippen molar-refractivity contribution < 1.29 is 29.6 Å². The van der Waals surface area contributed by atoms with Crippen molar-refractivity contribution in [3.63, 3.8) is 0 Å². The van der Waals surface area contributed by atoms with Gasteiger partial charge in [0.05, 0.1) is 6.10 Å². The fourth-order valence-electron chi connectivity index (χ4n) is 3.62. The van der Waals surface area contributed by atoms with Gasteiger partial charge in [-0.1, -0.05) is 35.9 Å². The Morgan fingerprint density at radius 2 is 1.93 bits per heavy atom. The molecule has 0 amide bonds. The maximum atomic E-state index is 11.2. The molecule has 0 aliphatic heterocycles. The van der Waals surface area contributed by atoms with E-state index in [0.29, 0.717) is 29.3 Å². The van der Waals surface area contributed by atoms with Gasteiger partial charge in [0.15, 0.2) is 5.75 Å². The Bertz CT molecular complexity index is 872. The molecular formula is C22H24ClNO6. The second kappa shape index (κ2) is 10.4. The molecule has 1 aliphatic carbocycles. The summed E-state index contributed by atoms with van der Waals surface area (Å²) in [6.07, 6.45) is 1.64. The molecule has 0 radical (unpaired) electrons. The number of carbonyl (C=O) groups excluding carboxylic acids is 1. The molecular weight excluding hydrogens is 410 g/mol. The number of carboxylic acid groups (broad SMARTS) is 1. The first-order chi connectivity index (χ1) is 14.4. The number of aliphatic hydroxyl groups excluding tert-OH is 1. The third kappa shape index (κ3) is 6.45. The van der Waals surface area contributed by atoms with E-state index in [1.807, 2.05) is 24.3 Å². The lowest BCUT2D eigenvalue weighted by molar-refractivity contribution is -0.214. The lowest BCUT2D eigenvalue weighted by Crippen LogP contribution is -2.30. The van der Waals surface area contributed by atoms with E-state index in [9.17, 15) is 14.7 Å². The number of aliphatic carboxylic acids is 1. The molecule has 0 spiro atoms. The van der Waals surface area contributed by atoms with Crippen molar-refractivity contribution in [1.82, 2.24) is 5.32 Å². The van der Waals surface area contributed by atoms with Crippen molar-refractivity contribution in [3.05, 3.63) is 64.7 Å². The third-order valence-corrected chi connectivity index (χ3v) is 5.38. The summed E-state index contributed by atoms with van der Waals surface area (Å²) in [4.78, 5) is 30.9. The van der Waals surface area contributed by atoms with Gasteiger partial charge in [0, 0.05) is 17.6 Å². The topological polar surface area (TPSA) is 105 Å². The number of hydrogen-bond donors (Lipinski definition) is 3. The molecule has 0 heterocycles. The minimum absolute atomic E-state index is 0.316. The molecule has 160 valence electrons. The highest BCUT2D eigenvalue weighted by atomic mass is 35.5. The molecule has 30 heavy (non-hydrogen) atoms. The normalized spacial score (nSPS) is 19.3. The number of nitrogens with one attached hydrogen (secondary N) is 1. The summed E-state index contributed by atoms with van der Waals surface area (Å²) in [5.41, 5.74) is 1.95. The third-order valence-electron chi connectivity index (χ3n) is 5.14. The number of carbonyl (C=O) groups is 2. The van der Waals surface area contributed by atoms with Gasteiger partial charge < -0.3 is 15.5 Å². The van der Waals surface area contributed by atoms with Crippen molar-refractivity contribution in [2.75, 3.05) is 6.54 Å². The molecule has 7 nitrogen and oxygen atoms in total. The molecule has 1 saturated carbocycles. The number of hydrogen-bond acceptors (Lipinski definition) is 6. The first-order valence-electron chi connectivity index (χ1n) is 9.76. The maximum Gasteiger partial charge on any atom is 0.366 e. The Balaban J connectivity index is 1.44. The molecule has 3 unspecified atom stereocenters. The van der Waals surface area contributed by atoms with Crippen LogP contribution in [-0.4, -0.2) is 34.7 Å². The van der Waals surface area contributed by atoms with Gasteiger partial charge in [0.2, 0.25) is 0 Å². The second-order valence-corrected chi connectivity index (χ2v) is 7.80. The van der Waals surface area contributed by atoms with Crippen LogP contribution in [0.2, 0.25) is 5.02 Å². The summed E-state index contributed by atoms with van der Waals surface area (Å²) < 4.78 is 0. The van der Waals surface area contributed by atoms with Gasteiger partial charge in [-0.05, 0) is 60.6 Å². The van der Waals surface area contributed by atoms with Crippen LogP contribution < -0.4 is 10.2 Å². The van der Waals surface area contributed by atoms with E-state index >= 15 is 0 Å². The number of halogens is 1. The van der Waals surface area contributed by atoms with Crippen LogP contribution in [0.3, 0.4) is 0 Å². The Morgan fingerprint density at radius 1 is 1.17 bits per heavy atom. The fraction of sp³-hybridized carbons (Fsp3) is 0.364. The Morgan fingerprint density at radius 3 is 2.63 bits per heavy atom. The summed E-state index contributed by atoms with van der Waals surface area (Å²) in [6, 6.07) is 14.8. The molecule has 2 aromatic rings. The summed E-state index contributed by atoms with van der Waals surface area (Å²) in [5, 5.41) is 22.9. The molecule has 3 N–H and O–H groups in total. The van der Waals surface area contributed by atoms with Crippen molar-refractivity contribution in [2.45, 2.75) is 43.7 Å². The smallest absolute Gasteiger partial charge is 0.366 e. The van der Waals surface area contributed by atoms with Crippen LogP contribution in [0.1, 0.15) is 48.8 Å². The number of benzene rings is 2. The van der Waals surface area contributed by atoms with Crippen molar-refractivity contribution in [3.8, 4) is 5.75 Å². The second-order valence-electron chi connectivity index (χ2n) is 7.36. The van der Waals surface area contributed by atoms with E-state index in [1.54, 1.807) is 24.3 Å². The van der Waals surface area contributed by atoms with E-state index in [2.05, 4.69) is 10.2 Å². The van der Waals surface area contributed by atoms with Gasteiger partial charge in [-0.25, -0.2) is 9.68 Å². The van der Waals surface area contributed by atoms with Crippen molar-refractivity contribution >= 4 is 23.5 Å². The Hall–Kier alpha value is -2.61. The summed E-state index contributed by atoms with van der Waals surface area (Å²) >= 11 is 5.98. The van der Waals surface area contributed by atoms with Crippen LogP contribution in [0.15, 0.2) is 48.5 Å². The highest BCUT2D eigenvalue weighted by molar-refractivity contribution is 6.30. The number of aliphatic hydroxyl groups is 1. The highest BCUT2D eigenvalue weighted by Gasteiger charge is 2.26. The molecule has 1 aliphatic rings. The van der Waals surface area contributed by atoms with Crippen LogP contribution in [0.4, 0.5) is 0 Å².